The van der Waals surface area contributed by atoms with Crippen LogP contribution in [0.1, 0.15) is 32.6 Å². The third-order valence-corrected chi connectivity index (χ3v) is 1.06. The summed E-state index contributed by atoms with van der Waals surface area (Å²) in [6, 6.07) is 0. The van der Waals surface area contributed by atoms with Crippen LogP contribution < -0.4 is 18.9 Å². The Morgan fingerprint density at radius 1 is 1.60 bits per heavy atom. The van der Waals surface area contributed by atoms with E-state index in [9.17, 15) is 0 Å². The molecule has 0 bridgehead atoms. The van der Waals surface area contributed by atoms with E-state index in [1.165, 1.54) is 12.8 Å². The zero-order valence-corrected chi connectivity index (χ0v) is 7.23. The van der Waals surface area contributed by atoms with E-state index in [4.69, 9.17) is 4.74 Å². The van der Waals surface area contributed by atoms with Crippen molar-refractivity contribution in [2.45, 2.75) is 32.6 Å². The minimum atomic E-state index is 0. The molecule has 1 rings (SSSR count). The van der Waals surface area contributed by atoms with Gasteiger partial charge < -0.3 is 11.7 Å². The van der Waals surface area contributed by atoms with Crippen LogP contribution in [0.25, 0.3) is 0 Å². The summed E-state index contributed by atoms with van der Waals surface area (Å²) in [6.45, 7) is 8.53. The first-order valence-corrected chi connectivity index (χ1v) is 3.64. The number of ether oxygens (including phenoxy) is 1. The molecule has 10 heavy (non-hydrogen) atoms. The van der Waals surface area contributed by atoms with Gasteiger partial charge in [0.25, 0.3) is 0 Å². The molecule has 0 aliphatic carbocycles. The minimum Gasteiger partial charge on any atom is -0.552 e. The quantitative estimate of drug-likeness (QED) is 0.350. The van der Waals surface area contributed by atoms with Crippen molar-refractivity contribution in [1.82, 2.24) is 0 Å². The maximum atomic E-state index is 4.82. The molecule has 0 N–H and O–H groups in total. The molecule has 0 radical (unpaired) electrons. The number of unbranched alkanes of at least 4 members (excludes halogenated alkanes) is 1. The van der Waals surface area contributed by atoms with Crippen molar-refractivity contribution in [1.29, 1.82) is 0 Å². The van der Waals surface area contributed by atoms with Crippen LogP contribution in [0.3, 0.4) is 0 Å². The molecule has 0 aromatic rings. The van der Waals surface area contributed by atoms with E-state index in [1.54, 1.807) is 0 Å². The van der Waals surface area contributed by atoms with Crippen molar-refractivity contribution in [3.8, 4) is 0 Å². The van der Waals surface area contributed by atoms with Gasteiger partial charge in [0.2, 0.25) is 0 Å². The maximum absolute atomic E-state index is 4.82. The van der Waals surface area contributed by atoms with Crippen LogP contribution >= 0.6 is 0 Å². The fourth-order valence-corrected chi connectivity index (χ4v) is 0.417. The zero-order valence-electron chi connectivity index (χ0n) is 7.23. The molecule has 1 fully saturated rings. The van der Waals surface area contributed by atoms with E-state index in [0.29, 0.717) is 0 Å². The van der Waals surface area contributed by atoms with Crippen LogP contribution in [-0.2, 0) is 4.74 Å². The molecule has 1 aliphatic heterocycles. The second-order valence-corrected chi connectivity index (χ2v) is 2.03. The molecule has 0 amide bonds. The first-order chi connectivity index (χ1) is 4.41. The molecule has 1 nitrogen and oxygen atoms in total. The smallest absolute Gasteiger partial charge is 0.552 e. The maximum Gasteiger partial charge on any atom is 1.00 e. The standard InChI is InChI=1S/C4H7O.C4H9.Li/c1-2-4-5-3-1;1-3-4-2;/h3H,1-2,4H2;1,3-4H2,2H3;/q2*-1;+1. The Kier molecular flexibility index (Phi) is 16.1. The Labute approximate surface area is 76.7 Å². The van der Waals surface area contributed by atoms with Gasteiger partial charge in [-0.25, -0.2) is 6.61 Å². The summed E-state index contributed by atoms with van der Waals surface area (Å²) in [7, 11) is 0. The van der Waals surface area contributed by atoms with Crippen LogP contribution in [0.2, 0.25) is 0 Å². The van der Waals surface area contributed by atoms with Crippen LogP contribution in [-0.4, -0.2) is 6.61 Å². The van der Waals surface area contributed by atoms with Gasteiger partial charge in [-0.05, 0) is 0 Å². The molecule has 0 aromatic heterocycles. The van der Waals surface area contributed by atoms with E-state index in [0.717, 1.165) is 19.4 Å². The molecule has 56 valence electrons. The van der Waals surface area contributed by atoms with Gasteiger partial charge in [-0.1, -0.05) is 19.8 Å². The van der Waals surface area contributed by atoms with Gasteiger partial charge in [-0.2, -0.15) is 12.8 Å². The Morgan fingerprint density at radius 3 is 2.30 bits per heavy atom. The average molecular weight is 135 g/mol. The Bertz CT molecular complexity index is 34.9. The molecule has 0 saturated carbocycles. The second-order valence-electron chi connectivity index (χ2n) is 2.03. The molecular formula is C8H16LiO-. The normalized spacial score (nSPS) is 15.0. The van der Waals surface area contributed by atoms with Crippen LogP contribution in [0.4, 0.5) is 0 Å². The van der Waals surface area contributed by atoms with Crippen molar-refractivity contribution < 1.29 is 23.6 Å². The number of hydrogen-bond acceptors (Lipinski definition) is 1. The topological polar surface area (TPSA) is 9.23 Å². The Hall–Kier alpha value is 0.557. The first-order valence-electron chi connectivity index (χ1n) is 3.64. The van der Waals surface area contributed by atoms with Gasteiger partial charge in [0, 0.05) is 6.61 Å². The van der Waals surface area contributed by atoms with Gasteiger partial charge in [0.15, 0.2) is 0 Å². The summed E-state index contributed by atoms with van der Waals surface area (Å²) in [5, 5.41) is 0. The summed E-state index contributed by atoms with van der Waals surface area (Å²) < 4.78 is 4.82. The van der Waals surface area contributed by atoms with Crippen molar-refractivity contribution >= 4 is 0 Å². The molecule has 2 heteroatoms. The molecule has 0 aromatic carbocycles. The summed E-state index contributed by atoms with van der Waals surface area (Å²) in [5.41, 5.74) is 0. The molecule has 1 heterocycles. The van der Waals surface area contributed by atoms with E-state index in [1.807, 2.05) is 6.61 Å². The van der Waals surface area contributed by atoms with Crippen LogP contribution in [0.5, 0.6) is 0 Å². The Morgan fingerprint density at radius 2 is 2.20 bits per heavy atom. The van der Waals surface area contributed by atoms with Crippen LogP contribution in [0, 0.1) is 13.5 Å². The molecule has 0 spiro atoms. The van der Waals surface area contributed by atoms with E-state index in [-0.39, 0.29) is 18.9 Å². The van der Waals surface area contributed by atoms with Gasteiger partial charge in [0.1, 0.15) is 0 Å². The minimum absolute atomic E-state index is 0. The van der Waals surface area contributed by atoms with Crippen molar-refractivity contribution in [3.05, 3.63) is 13.5 Å². The van der Waals surface area contributed by atoms with Crippen molar-refractivity contribution in [2.24, 2.45) is 0 Å². The van der Waals surface area contributed by atoms with Crippen molar-refractivity contribution in [3.63, 3.8) is 0 Å². The third kappa shape index (κ3) is 11.4. The van der Waals surface area contributed by atoms with E-state index in [2.05, 4.69) is 13.8 Å². The largest absolute Gasteiger partial charge is 1.00 e. The van der Waals surface area contributed by atoms with Gasteiger partial charge in [-0.3, -0.25) is 0 Å². The van der Waals surface area contributed by atoms with Gasteiger partial charge >= 0.3 is 18.9 Å². The number of hydrogen-bond donors (Lipinski definition) is 0. The Balaban J connectivity index is 0. The molecule has 1 aliphatic rings. The fraction of sp³-hybridized carbons (Fsp3) is 0.750. The first kappa shape index (κ1) is 13.2. The molecule has 0 unspecified atom stereocenters. The summed E-state index contributed by atoms with van der Waals surface area (Å²) in [6.07, 6.45) is 4.65. The third-order valence-electron chi connectivity index (χ3n) is 1.06. The predicted octanol–water partition coefficient (Wildman–Crippen LogP) is -0.417. The second kappa shape index (κ2) is 12.3. The predicted molar refractivity (Wildman–Crippen MR) is 39.8 cm³/mol. The van der Waals surface area contributed by atoms with E-state index < -0.39 is 0 Å². The summed E-state index contributed by atoms with van der Waals surface area (Å²) in [4.78, 5) is 0. The SMILES string of the molecule is [CH-]1CCCO1.[CH2-]CCC.[Li+]. The molecule has 0 atom stereocenters. The fourth-order valence-electron chi connectivity index (χ4n) is 0.417. The number of rotatable bonds is 1. The monoisotopic (exact) mass is 135 g/mol. The van der Waals surface area contributed by atoms with E-state index >= 15 is 0 Å². The van der Waals surface area contributed by atoms with Gasteiger partial charge in [0.05, 0.1) is 0 Å². The van der Waals surface area contributed by atoms with Crippen LogP contribution in [0.15, 0.2) is 0 Å². The zero-order chi connectivity index (χ0) is 6.95. The van der Waals surface area contributed by atoms with Crippen molar-refractivity contribution in [2.75, 3.05) is 6.61 Å². The summed E-state index contributed by atoms with van der Waals surface area (Å²) >= 11 is 0. The average Bonchev–Trinajstić information content (AvgIpc) is 2.43. The molecular weight excluding hydrogens is 119 g/mol. The van der Waals surface area contributed by atoms with Gasteiger partial charge in [-0.15, -0.1) is 0 Å². The molecule has 1 saturated heterocycles. The summed E-state index contributed by atoms with van der Waals surface area (Å²) in [5.74, 6) is 0.